The van der Waals surface area contributed by atoms with E-state index in [4.69, 9.17) is 4.74 Å². The Morgan fingerprint density at radius 3 is 2.62 bits per heavy atom. The number of hydrogen-bond acceptors (Lipinski definition) is 4. The van der Waals surface area contributed by atoms with Gasteiger partial charge >= 0.3 is 0 Å². The fourth-order valence-corrected chi connectivity index (χ4v) is 2.37. The second-order valence-electron chi connectivity index (χ2n) is 4.29. The molecule has 1 saturated carbocycles. The molecule has 1 atom stereocenters. The van der Waals surface area contributed by atoms with Crippen LogP contribution in [0, 0.1) is 5.92 Å². The molecule has 0 spiro atoms. The second kappa shape index (κ2) is 5.25. The molecule has 1 aliphatic rings. The Morgan fingerprint density at radius 2 is 1.94 bits per heavy atom. The average Bonchev–Trinajstić information content (AvgIpc) is 2.39. The molecule has 1 aromatic heterocycles. The molecule has 0 saturated heterocycles. The Morgan fingerprint density at radius 1 is 1.25 bits per heavy atom. The van der Waals surface area contributed by atoms with Crippen LogP contribution in [0.2, 0.25) is 0 Å². The SMILES string of the molecule is COc1nccnc1C(O)C1CCCCC1. The fourth-order valence-electron chi connectivity index (χ4n) is 2.37. The van der Waals surface area contributed by atoms with E-state index in [2.05, 4.69) is 9.97 Å². The lowest BCUT2D eigenvalue weighted by atomic mass is 9.84. The Bertz CT molecular complexity index is 338. The van der Waals surface area contributed by atoms with Crippen molar-refractivity contribution in [2.24, 2.45) is 5.92 Å². The molecule has 4 nitrogen and oxygen atoms in total. The molecule has 2 rings (SSSR count). The zero-order valence-electron chi connectivity index (χ0n) is 9.59. The van der Waals surface area contributed by atoms with Gasteiger partial charge in [0.15, 0.2) is 0 Å². The van der Waals surface area contributed by atoms with Crippen LogP contribution in [-0.2, 0) is 0 Å². The number of aromatic nitrogens is 2. The molecule has 16 heavy (non-hydrogen) atoms. The lowest BCUT2D eigenvalue weighted by molar-refractivity contribution is 0.0779. The van der Waals surface area contributed by atoms with Crippen LogP contribution in [-0.4, -0.2) is 22.2 Å². The van der Waals surface area contributed by atoms with Crippen molar-refractivity contribution in [3.63, 3.8) is 0 Å². The van der Waals surface area contributed by atoms with Gasteiger partial charge in [-0.25, -0.2) is 4.98 Å². The van der Waals surface area contributed by atoms with E-state index in [9.17, 15) is 5.11 Å². The molecule has 1 heterocycles. The predicted octanol–water partition coefficient (Wildman–Crippen LogP) is 2.10. The highest BCUT2D eigenvalue weighted by Crippen LogP contribution is 2.35. The summed E-state index contributed by atoms with van der Waals surface area (Å²) in [5.41, 5.74) is 0.580. The highest BCUT2D eigenvalue weighted by molar-refractivity contribution is 5.20. The molecule has 0 aromatic carbocycles. The molecule has 88 valence electrons. The molecular weight excluding hydrogens is 204 g/mol. The quantitative estimate of drug-likeness (QED) is 0.851. The molecule has 1 fully saturated rings. The van der Waals surface area contributed by atoms with Crippen LogP contribution in [0.3, 0.4) is 0 Å². The zero-order chi connectivity index (χ0) is 11.4. The zero-order valence-corrected chi connectivity index (χ0v) is 9.59. The summed E-state index contributed by atoms with van der Waals surface area (Å²) < 4.78 is 5.12. The van der Waals surface area contributed by atoms with Gasteiger partial charge in [-0.3, -0.25) is 4.98 Å². The average molecular weight is 222 g/mol. The number of hydrogen-bond donors (Lipinski definition) is 1. The summed E-state index contributed by atoms with van der Waals surface area (Å²) in [6, 6.07) is 0. The van der Waals surface area contributed by atoms with E-state index in [1.807, 2.05) is 0 Å². The lowest BCUT2D eigenvalue weighted by Crippen LogP contribution is -2.18. The highest BCUT2D eigenvalue weighted by Gasteiger charge is 2.26. The summed E-state index contributed by atoms with van der Waals surface area (Å²) in [7, 11) is 1.56. The van der Waals surface area contributed by atoms with Crippen LogP contribution in [0.5, 0.6) is 5.88 Å². The van der Waals surface area contributed by atoms with Crippen molar-refractivity contribution in [3.8, 4) is 5.88 Å². The van der Waals surface area contributed by atoms with Crippen LogP contribution in [0.1, 0.15) is 43.9 Å². The van der Waals surface area contributed by atoms with Gasteiger partial charge in [0.2, 0.25) is 5.88 Å². The molecule has 4 heteroatoms. The summed E-state index contributed by atoms with van der Waals surface area (Å²) in [6.07, 6.45) is 8.46. The van der Waals surface area contributed by atoms with Gasteiger partial charge in [-0.2, -0.15) is 0 Å². The molecule has 0 amide bonds. The Kier molecular flexibility index (Phi) is 3.72. The van der Waals surface area contributed by atoms with Gasteiger partial charge in [-0.05, 0) is 18.8 Å². The van der Waals surface area contributed by atoms with E-state index < -0.39 is 6.10 Å². The number of aliphatic hydroxyl groups is 1. The second-order valence-corrected chi connectivity index (χ2v) is 4.29. The largest absolute Gasteiger partial charge is 0.480 e. The summed E-state index contributed by atoms with van der Waals surface area (Å²) in [5, 5.41) is 10.3. The van der Waals surface area contributed by atoms with Gasteiger partial charge in [0.05, 0.1) is 7.11 Å². The maximum absolute atomic E-state index is 10.3. The van der Waals surface area contributed by atoms with Gasteiger partial charge in [-0.1, -0.05) is 19.3 Å². The molecular formula is C12H18N2O2. The van der Waals surface area contributed by atoms with E-state index >= 15 is 0 Å². The van der Waals surface area contributed by atoms with Gasteiger partial charge in [0, 0.05) is 12.4 Å². The number of ether oxygens (including phenoxy) is 1. The maximum Gasteiger partial charge on any atom is 0.238 e. The van der Waals surface area contributed by atoms with E-state index in [-0.39, 0.29) is 0 Å². The Hall–Kier alpha value is -1.16. The van der Waals surface area contributed by atoms with Crippen molar-refractivity contribution >= 4 is 0 Å². The van der Waals surface area contributed by atoms with Crippen molar-refractivity contribution in [2.45, 2.75) is 38.2 Å². The molecule has 1 unspecified atom stereocenters. The molecule has 0 aliphatic heterocycles. The van der Waals surface area contributed by atoms with E-state index in [1.54, 1.807) is 19.5 Å². The smallest absolute Gasteiger partial charge is 0.238 e. The monoisotopic (exact) mass is 222 g/mol. The third kappa shape index (κ3) is 2.32. The fraction of sp³-hybridized carbons (Fsp3) is 0.667. The van der Waals surface area contributed by atoms with Crippen molar-refractivity contribution in [2.75, 3.05) is 7.11 Å². The first-order chi connectivity index (χ1) is 7.83. The number of nitrogens with zero attached hydrogens (tertiary/aromatic N) is 2. The topological polar surface area (TPSA) is 55.2 Å². The van der Waals surface area contributed by atoms with Gasteiger partial charge in [0.25, 0.3) is 0 Å². The van der Waals surface area contributed by atoms with Crippen molar-refractivity contribution in [3.05, 3.63) is 18.1 Å². The summed E-state index contributed by atoms with van der Waals surface area (Å²) in [4.78, 5) is 8.26. The molecule has 1 aromatic rings. The molecule has 1 N–H and O–H groups in total. The molecule has 0 radical (unpaired) electrons. The van der Waals surface area contributed by atoms with Crippen molar-refractivity contribution in [1.82, 2.24) is 9.97 Å². The minimum atomic E-state index is -0.538. The number of methoxy groups -OCH3 is 1. The maximum atomic E-state index is 10.3. The standard InChI is InChI=1S/C12H18N2O2/c1-16-12-10(13-7-8-14-12)11(15)9-5-3-2-4-6-9/h7-9,11,15H,2-6H2,1H3. The van der Waals surface area contributed by atoms with E-state index in [0.717, 1.165) is 12.8 Å². The van der Waals surface area contributed by atoms with E-state index in [0.29, 0.717) is 17.5 Å². The number of aliphatic hydroxyl groups excluding tert-OH is 1. The first kappa shape index (κ1) is 11.3. The van der Waals surface area contributed by atoms with Gasteiger partial charge in [0.1, 0.15) is 11.8 Å². The first-order valence-corrected chi connectivity index (χ1v) is 5.86. The minimum Gasteiger partial charge on any atom is -0.480 e. The Balaban J connectivity index is 2.15. The van der Waals surface area contributed by atoms with Crippen LogP contribution in [0.15, 0.2) is 12.4 Å². The summed E-state index contributed by atoms with van der Waals surface area (Å²) in [6.45, 7) is 0. The molecule has 1 aliphatic carbocycles. The molecule has 0 bridgehead atoms. The third-order valence-corrected chi connectivity index (χ3v) is 3.26. The van der Waals surface area contributed by atoms with Crippen LogP contribution >= 0.6 is 0 Å². The first-order valence-electron chi connectivity index (χ1n) is 5.86. The van der Waals surface area contributed by atoms with Gasteiger partial charge < -0.3 is 9.84 Å². The summed E-state index contributed by atoms with van der Waals surface area (Å²) >= 11 is 0. The highest BCUT2D eigenvalue weighted by atomic mass is 16.5. The Labute approximate surface area is 95.7 Å². The third-order valence-electron chi connectivity index (χ3n) is 3.26. The minimum absolute atomic E-state index is 0.305. The van der Waals surface area contributed by atoms with Crippen LogP contribution < -0.4 is 4.74 Å². The predicted molar refractivity (Wildman–Crippen MR) is 60.1 cm³/mol. The van der Waals surface area contributed by atoms with Crippen molar-refractivity contribution in [1.29, 1.82) is 0 Å². The van der Waals surface area contributed by atoms with Gasteiger partial charge in [-0.15, -0.1) is 0 Å². The lowest BCUT2D eigenvalue weighted by Gasteiger charge is -2.26. The normalized spacial score (nSPS) is 19.4. The van der Waals surface area contributed by atoms with Crippen molar-refractivity contribution < 1.29 is 9.84 Å². The number of rotatable bonds is 3. The van der Waals surface area contributed by atoms with Crippen LogP contribution in [0.4, 0.5) is 0 Å². The van der Waals surface area contributed by atoms with E-state index in [1.165, 1.54) is 19.3 Å². The summed E-state index contributed by atoms with van der Waals surface area (Å²) in [5.74, 6) is 0.750. The van der Waals surface area contributed by atoms with Crippen LogP contribution in [0.25, 0.3) is 0 Å².